The maximum Gasteiger partial charge on any atom is 0.131 e. The van der Waals surface area contributed by atoms with Gasteiger partial charge in [0.05, 0.1) is 5.69 Å². The third kappa shape index (κ3) is 3.85. The van der Waals surface area contributed by atoms with E-state index in [1.54, 1.807) is 29.2 Å². The van der Waals surface area contributed by atoms with Crippen molar-refractivity contribution in [2.45, 2.75) is 5.75 Å². The van der Waals surface area contributed by atoms with Crippen molar-refractivity contribution in [3.05, 3.63) is 84.8 Å². The van der Waals surface area contributed by atoms with Gasteiger partial charge in [0.1, 0.15) is 5.82 Å². The van der Waals surface area contributed by atoms with Gasteiger partial charge in [-0.1, -0.05) is 47.5 Å². The molecule has 0 aliphatic heterocycles. The summed E-state index contributed by atoms with van der Waals surface area (Å²) >= 11 is -2.10. The maximum absolute atomic E-state index is 10.8. The number of nitrogens with two attached hydrogens (primary N) is 1. The SMILES string of the molecule is Nc1ncc(-c2ccc(CS(=O)[O-])cc2)cc1-c1ccc(-n2cccn2)cc1. The van der Waals surface area contributed by atoms with E-state index in [2.05, 4.69) is 10.1 Å². The number of benzene rings is 2. The minimum atomic E-state index is -2.10. The third-order valence-electron chi connectivity index (χ3n) is 4.44. The lowest BCUT2D eigenvalue weighted by atomic mass is 10.0. The number of pyridine rings is 1. The van der Waals surface area contributed by atoms with Gasteiger partial charge in [0.15, 0.2) is 0 Å². The number of rotatable bonds is 5. The average molecular weight is 389 g/mol. The van der Waals surface area contributed by atoms with Crippen molar-refractivity contribution in [2.24, 2.45) is 0 Å². The van der Waals surface area contributed by atoms with Crippen LogP contribution in [0.4, 0.5) is 5.82 Å². The van der Waals surface area contributed by atoms with Crippen molar-refractivity contribution in [1.29, 1.82) is 0 Å². The van der Waals surface area contributed by atoms with Gasteiger partial charge in [0.25, 0.3) is 0 Å². The van der Waals surface area contributed by atoms with Gasteiger partial charge >= 0.3 is 0 Å². The molecule has 6 nitrogen and oxygen atoms in total. The standard InChI is InChI=1S/C21H18N4O2S/c22-21-20(17-6-8-19(9-7-17)25-11-1-10-24-25)12-18(13-23-21)16-4-2-15(3-5-16)14-28(26)27/h1-13H,14H2,(H2,22,23)(H,26,27)/p-1. The van der Waals surface area contributed by atoms with E-state index < -0.39 is 11.1 Å². The first-order chi connectivity index (χ1) is 13.6. The molecule has 0 saturated heterocycles. The lowest BCUT2D eigenvalue weighted by Crippen LogP contribution is -1.97. The van der Waals surface area contributed by atoms with Crippen molar-refractivity contribution in [3.63, 3.8) is 0 Å². The van der Waals surface area contributed by atoms with Gasteiger partial charge in [0.2, 0.25) is 0 Å². The molecule has 0 radical (unpaired) electrons. The van der Waals surface area contributed by atoms with Gasteiger partial charge in [0, 0.05) is 35.5 Å². The molecular formula is C21H17N4O2S-. The van der Waals surface area contributed by atoms with Crippen LogP contribution in [0.15, 0.2) is 79.3 Å². The number of nitrogen functional groups attached to an aromatic ring is 1. The molecule has 4 rings (SSSR count). The Kier molecular flexibility index (Phi) is 5.01. The van der Waals surface area contributed by atoms with Crippen LogP contribution in [0.25, 0.3) is 27.9 Å². The molecule has 1 unspecified atom stereocenters. The lowest BCUT2D eigenvalue weighted by molar-refractivity contribution is 0.536. The minimum absolute atomic E-state index is 0.00805. The highest BCUT2D eigenvalue weighted by Crippen LogP contribution is 2.30. The molecular weight excluding hydrogens is 372 g/mol. The van der Waals surface area contributed by atoms with Crippen LogP contribution in [0.3, 0.4) is 0 Å². The summed E-state index contributed by atoms with van der Waals surface area (Å²) in [5, 5.41) is 4.23. The maximum atomic E-state index is 10.8. The summed E-state index contributed by atoms with van der Waals surface area (Å²) in [6.45, 7) is 0. The smallest absolute Gasteiger partial charge is 0.131 e. The minimum Gasteiger partial charge on any atom is -0.772 e. The number of nitrogens with zero attached hydrogens (tertiary/aromatic N) is 3. The van der Waals surface area contributed by atoms with Gasteiger partial charge in [-0.15, -0.1) is 0 Å². The molecule has 0 aliphatic rings. The van der Waals surface area contributed by atoms with Crippen LogP contribution in [-0.4, -0.2) is 23.5 Å². The molecule has 2 aromatic heterocycles. The number of hydrogen-bond donors (Lipinski definition) is 1. The highest BCUT2D eigenvalue weighted by molar-refractivity contribution is 7.78. The second-order valence-electron chi connectivity index (χ2n) is 6.30. The second kappa shape index (κ2) is 7.75. The Balaban J connectivity index is 1.64. The van der Waals surface area contributed by atoms with Crippen molar-refractivity contribution < 1.29 is 8.76 Å². The first-order valence-electron chi connectivity index (χ1n) is 8.61. The molecule has 1 atom stereocenters. The summed E-state index contributed by atoms with van der Waals surface area (Å²) in [6, 6.07) is 19.2. The fourth-order valence-electron chi connectivity index (χ4n) is 3.01. The van der Waals surface area contributed by atoms with Crippen LogP contribution in [0.5, 0.6) is 0 Å². The fourth-order valence-corrected chi connectivity index (χ4v) is 3.47. The van der Waals surface area contributed by atoms with Crippen molar-refractivity contribution in [2.75, 3.05) is 5.73 Å². The van der Waals surface area contributed by atoms with Gasteiger partial charge in [-0.2, -0.15) is 5.10 Å². The third-order valence-corrected chi connectivity index (χ3v) is 5.01. The highest BCUT2D eigenvalue weighted by Gasteiger charge is 2.08. The van der Waals surface area contributed by atoms with E-state index in [1.165, 1.54) is 0 Å². The summed E-state index contributed by atoms with van der Waals surface area (Å²) in [5.41, 5.74) is 11.5. The summed E-state index contributed by atoms with van der Waals surface area (Å²) in [4.78, 5) is 4.34. The molecule has 2 aromatic carbocycles. The van der Waals surface area contributed by atoms with E-state index in [4.69, 9.17) is 5.73 Å². The van der Waals surface area contributed by atoms with E-state index in [-0.39, 0.29) is 5.75 Å². The molecule has 0 bridgehead atoms. The molecule has 4 aromatic rings. The molecule has 0 amide bonds. The van der Waals surface area contributed by atoms with Crippen LogP contribution >= 0.6 is 0 Å². The molecule has 0 fully saturated rings. The molecule has 0 saturated carbocycles. The first-order valence-corrected chi connectivity index (χ1v) is 9.86. The Bertz CT molecular complexity index is 1110. The van der Waals surface area contributed by atoms with Gasteiger partial charge < -0.3 is 10.3 Å². The molecule has 0 spiro atoms. The largest absolute Gasteiger partial charge is 0.772 e. The first kappa shape index (κ1) is 18.1. The predicted octanol–water partition coefficient (Wildman–Crippen LogP) is 3.56. The summed E-state index contributed by atoms with van der Waals surface area (Å²) in [7, 11) is 0. The monoisotopic (exact) mass is 389 g/mol. The van der Waals surface area contributed by atoms with E-state index >= 15 is 0 Å². The lowest BCUT2D eigenvalue weighted by Gasteiger charge is -2.10. The zero-order valence-corrected chi connectivity index (χ0v) is 15.7. The Morgan fingerprint density at radius 1 is 1.00 bits per heavy atom. The Morgan fingerprint density at radius 3 is 2.36 bits per heavy atom. The van der Waals surface area contributed by atoms with E-state index in [1.807, 2.05) is 54.7 Å². The molecule has 2 heterocycles. The van der Waals surface area contributed by atoms with Gasteiger partial charge in [-0.05, 0) is 41.0 Å². The topological polar surface area (TPSA) is 96.9 Å². The van der Waals surface area contributed by atoms with Crippen molar-refractivity contribution >= 4 is 16.9 Å². The number of hydrogen-bond acceptors (Lipinski definition) is 5. The zero-order chi connectivity index (χ0) is 19.5. The fraction of sp³-hybridized carbons (Fsp3) is 0.0476. The molecule has 28 heavy (non-hydrogen) atoms. The van der Waals surface area contributed by atoms with E-state index in [0.717, 1.165) is 33.5 Å². The zero-order valence-electron chi connectivity index (χ0n) is 14.9. The predicted molar refractivity (Wildman–Crippen MR) is 109 cm³/mol. The quantitative estimate of drug-likeness (QED) is 0.526. The number of aromatic nitrogens is 3. The van der Waals surface area contributed by atoms with Crippen LogP contribution in [-0.2, 0) is 16.8 Å². The van der Waals surface area contributed by atoms with E-state index in [0.29, 0.717) is 5.82 Å². The Morgan fingerprint density at radius 2 is 1.71 bits per heavy atom. The summed E-state index contributed by atoms with van der Waals surface area (Å²) in [5.74, 6) is 0.461. The Hall–Kier alpha value is -3.29. The summed E-state index contributed by atoms with van der Waals surface area (Å²) in [6.07, 6.45) is 5.34. The van der Waals surface area contributed by atoms with E-state index in [9.17, 15) is 8.76 Å². The van der Waals surface area contributed by atoms with Gasteiger partial charge in [-0.25, -0.2) is 9.67 Å². The van der Waals surface area contributed by atoms with Crippen molar-refractivity contribution in [3.8, 4) is 27.9 Å². The number of anilines is 1. The van der Waals surface area contributed by atoms with Crippen LogP contribution in [0.1, 0.15) is 5.56 Å². The average Bonchev–Trinajstić information content (AvgIpc) is 3.24. The molecule has 0 aliphatic carbocycles. The highest BCUT2D eigenvalue weighted by atomic mass is 32.2. The summed E-state index contributed by atoms with van der Waals surface area (Å²) < 4.78 is 23.5. The van der Waals surface area contributed by atoms with Crippen LogP contribution < -0.4 is 5.73 Å². The second-order valence-corrected chi connectivity index (χ2v) is 7.20. The van der Waals surface area contributed by atoms with Gasteiger partial charge in [-0.3, -0.25) is 4.21 Å². The molecule has 140 valence electrons. The molecule has 7 heteroatoms. The van der Waals surface area contributed by atoms with Crippen LogP contribution in [0, 0.1) is 0 Å². The Labute approximate surface area is 165 Å². The normalized spacial score (nSPS) is 12.0. The van der Waals surface area contributed by atoms with Crippen molar-refractivity contribution in [1.82, 2.24) is 14.8 Å². The molecule has 2 N–H and O–H groups in total. The van der Waals surface area contributed by atoms with Crippen LogP contribution in [0.2, 0.25) is 0 Å².